The number of hydrogen-bond acceptors (Lipinski definition) is 4. The smallest absolute Gasteiger partial charge is 0.223 e. The summed E-state index contributed by atoms with van der Waals surface area (Å²) in [5, 5.41) is 0. The van der Waals surface area contributed by atoms with Crippen molar-refractivity contribution in [2.24, 2.45) is 0 Å². The molecule has 1 aromatic carbocycles. The maximum atomic E-state index is 12.3. The summed E-state index contributed by atoms with van der Waals surface area (Å²) in [7, 11) is 0. The molecule has 3 rings (SSSR count). The minimum atomic E-state index is -0.468. The fraction of sp³-hybridized carbons (Fsp3) is 0.529. The number of piperidine rings is 1. The lowest BCUT2D eigenvalue weighted by molar-refractivity contribution is -0.187. The lowest BCUT2D eigenvalue weighted by Crippen LogP contribution is -2.47. The lowest BCUT2D eigenvalue weighted by Gasteiger charge is -2.37. The summed E-state index contributed by atoms with van der Waals surface area (Å²) in [4.78, 5) is 26.2. The van der Waals surface area contributed by atoms with E-state index in [1.165, 1.54) is 0 Å². The van der Waals surface area contributed by atoms with E-state index in [1.807, 2.05) is 17.0 Å². The molecule has 1 spiro atoms. The molecule has 1 amide bonds. The molecule has 0 saturated carbocycles. The van der Waals surface area contributed by atoms with Gasteiger partial charge in [0.15, 0.2) is 11.6 Å². The highest BCUT2D eigenvalue weighted by atomic mass is 79.9. The van der Waals surface area contributed by atoms with Crippen LogP contribution in [0.25, 0.3) is 0 Å². The third-order valence-electron chi connectivity index (χ3n) is 4.42. The van der Waals surface area contributed by atoms with Gasteiger partial charge in [-0.05, 0) is 12.1 Å². The van der Waals surface area contributed by atoms with Crippen LogP contribution in [-0.4, -0.2) is 48.7 Å². The molecular formula is C17H20BrNO4. The van der Waals surface area contributed by atoms with Crippen LogP contribution in [-0.2, 0) is 14.3 Å². The van der Waals surface area contributed by atoms with E-state index in [0.29, 0.717) is 44.7 Å². The number of carbonyl (C=O) groups is 2. The van der Waals surface area contributed by atoms with E-state index in [4.69, 9.17) is 9.47 Å². The van der Waals surface area contributed by atoms with Crippen LogP contribution in [0.3, 0.4) is 0 Å². The molecule has 0 atom stereocenters. The normalized spacial score (nSPS) is 20.0. The van der Waals surface area contributed by atoms with Crippen molar-refractivity contribution in [3.63, 3.8) is 0 Å². The Kier molecular flexibility index (Phi) is 5.14. The van der Waals surface area contributed by atoms with Crippen molar-refractivity contribution in [2.45, 2.75) is 31.5 Å². The van der Waals surface area contributed by atoms with Gasteiger partial charge >= 0.3 is 0 Å². The molecule has 2 fully saturated rings. The predicted molar refractivity (Wildman–Crippen MR) is 88.2 cm³/mol. The van der Waals surface area contributed by atoms with Crippen LogP contribution in [0.5, 0.6) is 0 Å². The summed E-state index contributed by atoms with van der Waals surface area (Å²) in [6.45, 7) is 2.53. The molecule has 0 aromatic heterocycles. The zero-order valence-electron chi connectivity index (χ0n) is 12.9. The maximum absolute atomic E-state index is 12.3. The van der Waals surface area contributed by atoms with Crippen LogP contribution in [0, 0.1) is 0 Å². The van der Waals surface area contributed by atoms with E-state index >= 15 is 0 Å². The van der Waals surface area contributed by atoms with Crippen LogP contribution >= 0.6 is 15.9 Å². The van der Waals surface area contributed by atoms with Crippen LogP contribution in [0.2, 0.25) is 0 Å². The summed E-state index contributed by atoms with van der Waals surface area (Å²) < 4.78 is 12.2. The number of ketones is 1. The Balaban J connectivity index is 1.46. The number of benzene rings is 1. The fourth-order valence-corrected chi connectivity index (χ4v) is 3.31. The van der Waals surface area contributed by atoms with E-state index in [1.54, 1.807) is 12.1 Å². The number of carbonyl (C=O) groups excluding carboxylic acids is 2. The van der Waals surface area contributed by atoms with E-state index in [2.05, 4.69) is 15.9 Å². The Hall–Kier alpha value is -1.24. The standard InChI is InChI=1S/C17H20BrNO4/c18-14-3-1-13(2-4-14)15(20)5-6-16(21)19-9-7-17(8-10-19)22-11-12-23-17/h1-4H,5-12H2. The Morgan fingerprint density at radius 2 is 1.65 bits per heavy atom. The molecule has 0 bridgehead atoms. The third-order valence-corrected chi connectivity index (χ3v) is 4.95. The molecule has 6 heteroatoms. The summed E-state index contributed by atoms with van der Waals surface area (Å²) in [5.41, 5.74) is 0.645. The van der Waals surface area contributed by atoms with Gasteiger partial charge in [-0.25, -0.2) is 0 Å². The van der Waals surface area contributed by atoms with Crippen LogP contribution in [0.4, 0.5) is 0 Å². The zero-order valence-corrected chi connectivity index (χ0v) is 14.5. The summed E-state index contributed by atoms with van der Waals surface area (Å²) >= 11 is 3.34. The van der Waals surface area contributed by atoms with Crippen LogP contribution < -0.4 is 0 Å². The average Bonchev–Trinajstić information content (AvgIpc) is 3.02. The molecule has 5 nitrogen and oxygen atoms in total. The number of ether oxygens (including phenoxy) is 2. The van der Waals surface area contributed by atoms with Crippen molar-refractivity contribution < 1.29 is 19.1 Å². The van der Waals surface area contributed by atoms with Crippen LogP contribution in [0.1, 0.15) is 36.0 Å². The lowest BCUT2D eigenvalue weighted by atomic mass is 10.0. The van der Waals surface area contributed by atoms with Crippen molar-refractivity contribution in [3.05, 3.63) is 34.3 Å². The number of likely N-dealkylation sites (tertiary alicyclic amines) is 1. The predicted octanol–water partition coefficient (Wildman–Crippen LogP) is 2.78. The number of rotatable bonds is 4. The van der Waals surface area contributed by atoms with E-state index < -0.39 is 5.79 Å². The number of hydrogen-bond donors (Lipinski definition) is 0. The summed E-state index contributed by atoms with van der Waals surface area (Å²) in [6.07, 6.45) is 1.91. The highest BCUT2D eigenvalue weighted by molar-refractivity contribution is 9.10. The largest absolute Gasteiger partial charge is 0.347 e. The highest BCUT2D eigenvalue weighted by Crippen LogP contribution is 2.31. The zero-order chi connectivity index (χ0) is 16.3. The molecule has 0 aliphatic carbocycles. The van der Waals surface area contributed by atoms with Gasteiger partial charge in [0.25, 0.3) is 0 Å². The average molecular weight is 382 g/mol. The highest BCUT2D eigenvalue weighted by Gasteiger charge is 2.40. The Bertz CT molecular complexity index is 571. The summed E-state index contributed by atoms with van der Waals surface area (Å²) in [6, 6.07) is 7.22. The fourth-order valence-electron chi connectivity index (χ4n) is 3.04. The van der Waals surface area contributed by atoms with Crippen molar-refractivity contribution in [1.29, 1.82) is 0 Å². The Morgan fingerprint density at radius 3 is 2.26 bits per heavy atom. The first kappa shape index (κ1) is 16.6. The second-order valence-corrected chi connectivity index (χ2v) is 6.83. The molecule has 23 heavy (non-hydrogen) atoms. The number of Topliss-reactive ketones (excluding diaryl/α,β-unsaturated/α-hetero) is 1. The monoisotopic (exact) mass is 381 g/mol. The quantitative estimate of drug-likeness (QED) is 0.752. The van der Waals surface area contributed by atoms with Gasteiger partial charge in [-0.15, -0.1) is 0 Å². The van der Waals surface area contributed by atoms with E-state index in [0.717, 1.165) is 4.47 Å². The first-order valence-electron chi connectivity index (χ1n) is 7.92. The SMILES string of the molecule is O=C(CCC(=O)N1CCC2(CC1)OCCO2)c1ccc(Br)cc1. The van der Waals surface area contributed by atoms with Gasteiger partial charge in [0.2, 0.25) is 5.91 Å². The first-order chi connectivity index (χ1) is 11.1. The van der Waals surface area contributed by atoms with Crippen molar-refractivity contribution in [1.82, 2.24) is 4.90 Å². The van der Waals surface area contributed by atoms with E-state index in [9.17, 15) is 9.59 Å². The molecule has 1 aromatic rings. The van der Waals surface area contributed by atoms with Gasteiger partial charge in [0.1, 0.15) is 0 Å². The Morgan fingerprint density at radius 1 is 1.04 bits per heavy atom. The molecule has 2 saturated heterocycles. The Labute approximate surface area is 144 Å². The molecule has 0 unspecified atom stereocenters. The van der Waals surface area contributed by atoms with Gasteiger partial charge in [0.05, 0.1) is 13.2 Å². The van der Waals surface area contributed by atoms with Gasteiger partial charge in [-0.3, -0.25) is 9.59 Å². The topological polar surface area (TPSA) is 55.8 Å². The van der Waals surface area contributed by atoms with E-state index in [-0.39, 0.29) is 24.5 Å². The van der Waals surface area contributed by atoms with Crippen LogP contribution in [0.15, 0.2) is 28.7 Å². The minimum absolute atomic E-state index is 0.00166. The van der Waals surface area contributed by atoms with Gasteiger partial charge in [-0.2, -0.15) is 0 Å². The molecule has 2 heterocycles. The molecule has 0 N–H and O–H groups in total. The minimum Gasteiger partial charge on any atom is -0.347 e. The van der Waals surface area contributed by atoms with Gasteiger partial charge in [0, 0.05) is 48.8 Å². The third kappa shape index (κ3) is 4.00. The number of nitrogens with zero attached hydrogens (tertiary/aromatic N) is 1. The second-order valence-electron chi connectivity index (χ2n) is 5.92. The molecule has 2 aliphatic heterocycles. The molecule has 124 valence electrons. The van der Waals surface area contributed by atoms with Gasteiger partial charge in [-0.1, -0.05) is 28.1 Å². The number of halogens is 1. The molecular weight excluding hydrogens is 362 g/mol. The second kappa shape index (κ2) is 7.11. The first-order valence-corrected chi connectivity index (χ1v) is 8.72. The van der Waals surface area contributed by atoms with Crippen molar-refractivity contribution in [2.75, 3.05) is 26.3 Å². The molecule has 2 aliphatic rings. The van der Waals surface area contributed by atoms with Crippen molar-refractivity contribution >= 4 is 27.6 Å². The number of amides is 1. The molecule has 0 radical (unpaired) electrons. The maximum Gasteiger partial charge on any atom is 0.223 e. The van der Waals surface area contributed by atoms with Crippen molar-refractivity contribution in [3.8, 4) is 0 Å². The van der Waals surface area contributed by atoms with Gasteiger partial charge < -0.3 is 14.4 Å². The summed E-state index contributed by atoms with van der Waals surface area (Å²) in [5.74, 6) is -0.436.